The first-order valence-electron chi connectivity index (χ1n) is 6.27. The second-order valence-electron chi connectivity index (χ2n) is 4.55. The van der Waals surface area contributed by atoms with Crippen LogP contribution in [0.25, 0.3) is 0 Å². The number of nitrogens with two attached hydrogens (primary N) is 1. The topological polar surface area (TPSA) is 73.4 Å². The Labute approximate surface area is 103 Å². The molecule has 0 saturated carbocycles. The molecule has 1 fully saturated rings. The predicted molar refractivity (Wildman–Crippen MR) is 66.1 cm³/mol. The minimum Gasteiger partial charge on any atom is -0.340 e. The van der Waals surface area contributed by atoms with Crippen LogP contribution in [-0.4, -0.2) is 55.0 Å². The van der Waals surface area contributed by atoms with E-state index in [2.05, 4.69) is 11.0 Å². The zero-order valence-corrected chi connectivity index (χ0v) is 10.6. The smallest absolute Gasteiger partial charge is 0.225 e. The fourth-order valence-electron chi connectivity index (χ4n) is 2.09. The Balaban J connectivity index is 2.31. The van der Waals surface area contributed by atoms with Crippen molar-refractivity contribution in [2.75, 3.05) is 39.3 Å². The highest BCUT2D eigenvalue weighted by Crippen LogP contribution is 2.10. The molecule has 1 aliphatic heterocycles. The monoisotopic (exact) mass is 238 g/mol. The highest BCUT2D eigenvalue weighted by atomic mass is 16.2. The summed E-state index contributed by atoms with van der Waals surface area (Å²) in [6.07, 6.45) is 1.32. The van der Waals surface area contributed by atoms with E-state index in [1.165, 1.54) is 0 Å². The average Bonchev–Trinajstić information content (AvgIpc) is 2.36. The van der Waals surface area contributed by atoms with E-state index in [9.17, 15) is 4.79 Å². The van der Waals surface area contributed by atoms with Gasteiger partial charge in [-0.25, -0.2) is 0 Å². The van der Waals surface area contributed by atoms with Crippen molar-refractivity contribution >= 4 is 5.91 Å². The van der Waals surface area contributed by atoms with Gasteiger partial charge in [0.05, 0.1) is 6.07 Å². The number of rotatable bonds is 5. The summed E-state index contributed by atoms with van der Waals surface area (Å²) in [6, 6.07) is 2.15. The molecule has 5 nitrogen and oxygen atoms in total. The summed E-state index contributed by atoms with van der Waals surface area (Å²) in [6.45, 7) is 6.63. The summed E-state index contributed by atoms with van der Waals surface area (Å²) in [4.78, 5) is 16.2. The lowest BCUT2D eigenvalue weighted by atomic mass is 10.1. The van der Waals surface area contributed by atoms with Crippen molar-refractivity contribution in [2.24, 2.45) is 11.7 Å². The number of piperazine rings is 1. The van der Waals surface area contributed by atoms with E-state index in [0.29, 0.717) is 13.0 Å². The van der Waals surface area contributed by atoms with Gasteiger partial charge in [0.15, 0.2) is 0 Å². The number of carbonyl (C=O) groups is 1. The summed E-state index contributed by atoms with van der Waals surface area (Å²) >= 11 is 0. The Kier molecular flexibility index (Phi) is 5.95. The number of nitriles is 1. The third kappa shape index (κ3) is 4.33. The number of nitrogens with zero attached hydrogens (tertiary/aromatic N) is 3. The summed E-state index contributed by atoms with van der Waals surface area (Å²) in [5.74, 6) is 0.251. The molecule has 17 heavy (non-hydrogen) atoms. The molecule has 0 spiro atoms. The Hall–Kier alpha value is -1.12. The fourth-order valence-corrected chi connectivity index (χ4v) is 2.09. The second kappa shape index (κ2) is 7.25. The van der Waals surface area contributed by atoms with Gasteiger partial charge in [-0.15, -0.1) is 0 Å². The van der Waals surface area contributed by atoms with Crippen LogP contribution in [0.2, 0.25) is 0 Å². The van der Waals surface area contributed by atoms with Gasteiger partial charge in [-0.2, -0.15) is 5.26 Å². The predicted octanol–water partition coefficient (Wildman–Crippen LogP) is 0.0292. The van der Waals surface area contributed by atoms with Gasteiger partial charge in [-0.05, 0) is 13.0 Å². The molecule has 0 aromatic heterocycles. The Bertz CT molecular complexity index is 279. The first-order chi connectivity index (χ1) is 8.19. The maximum absolute atomic E-state index is 12.0. The van der Waals surface area contributed by atoms with Gasteiger partial charge < -0.3 is 10.6 Å². The average molecular weight is 238 g/mol. The molecule has 0 radical (unpaired) electrons. The maximum atomic E-state index is 12.0. The lowest BCUT2D eigenvalue weighted by Gasteiger charge is -2.35. The van der Waals surface area contributed by atoms with Crippen molar-refractivity contribution in [1.29, 1.82) is 5.26 Å². The van der Waals surface area contributed by atoms with Crippen LogP contribution in [0.3, 0.4) is 0 Å². The van der Waals surface area contributed by atoms with E-state index in [1.54, 1.807) is 0 Å². The van der Waals surface area contributed by atoms with Crippen molar-refractivity contribution in [3.63, 3.8) is 0 Å². The van der Waals surface area contributed by atoms with Crippen molar-refractivity contribution in [1.82, 2.24) is 9.80 Å². The number of hydrogen-bond acceptors (Lipinski definition) is 4. The highest BCUT2D eigenvalue weighted by Gasteiger charge is 2.23. The molecule has 1 saturated heterocycles. The van der Waals surface area contributed by atoms with Gasteiger partial charge in [0, 0.05) is 45.1 Å². The molecule has 0 bridgehead atoms. The number of hydrogen-bond donors (Lipinski definition) is 1. The lowest BCUT2D eigenvalue weighted by molar-refractivity contribution is -0.136. The first kappa shape index (κ1) is 13.9. The Morgan fingerprint density at radius 2 is 2.06 bits per heavy atom. The van der Waals surface area contributed by atoms with Gasteiger partial charge in [-0.3, -0.25) is 9.69 Å². The molecule has 2 N–H and O–H groups in total. The Morgan fingerprint density at radius 3 is 2.59 bits per heavy atom. The molecule has 1 unspecified atom stereocenters. The van der Waals surface area contributed by atoms with Crippen LogP contribution in [-0.2, 0) is 4.79 Å². The van der Waals surface area contributed by atoms with Gasteiger partial charge >= 0.3 is 0 Å². The van der Waals surface area contributed by atoms with Gasteiger partial charge in [0.25, 0.3) is 0 Å². The Morgan fingerprint density at radius 1 is 1.41 bits per heavy atom. The molecule has 1 atom stereocenters. The largest absolute Gasteiger partial charge is 0.340 e. The van der Waals surface area contributed by atoms with Crippen LogP contribution in [0, 0.1) is 17.2 Å². The molecular formula is C12H22N4O. The molecule has 1 aliphatic rings. The van der Waals surface area contributed by atoms with E-state index in [1.807, 2.05) is 11.8 Å². The van der Waals surface area contributed by atoms with Gasteiger partial charge in [-0.1, -0.05) is 6.92 Å². The van der Waals surface area contributed by atoms with Crippen molar-refractivity contribution in [2.45, 2.75) is 19.8 Å². The standard InChI is InChI=1S/C12H22N4O/c1-11(3-5-14)12(17)16-9-7-15(8-10-16)6-2-4-13/h11H,2-3,5-10,14H2,1H3. The molecule has 1 heterocycles. The molecule has 96 valence electrons. The molecule has 1 rings (SSSR count). The molecule has 0 aromatic carbocycles. The lowest BCUT2D eigenvalue weighted by Crippen LogP contribution is -2.50. The molecule has 5 heteroatoms. The SMILES string of the molecule is CC(CCN)C(=O)N1CCN(CCC#N)CC1. The highest BCUT2D eigenvalue weighted by molar-refractivity contribution is 5.78. The zero-order chi connectivity index (χ0) is 12.7. The fraction of sp³-hybridized carbons (Fsp3) is 0.833. The van der Waals surface area contributed by atoms with Crippen molar-refractivity contribution in [3.8, 4) is 6.07 Å². The van der Waals surface area contributed by atoms with E-state index in [4.69, 9.17) is 11.0 Å². The van der Waals surface area contributed by atoms with E-state index in [-0.39, 0.29) is 11.8 Å². The van der Waals surface area contributed by atoms with Crippen LogP contribution in [0.4, 0.5) is 0 Å². The summed E-state index contributed by atoms with van der Waals surface area (Å²) in [5, 5.41) is 8.52. The minimum absolute atomic E-state index is 0.0330. The van der Waals surface area contributed by atoms with E-state index in [0.717, 1.165) is 39.1 Å². The number of amides is 1. The third-order valence-corrected chi connectivity index (χ3v) is 3.25. The van der Waals surface area contributed by atoms with E-state index < -0.39 is 0 Å². The van der Waals surface area contributed by atoms with Crippen LogP contribution >= 0.6 is 0 Å². The van der Waals surface area contributed by atoms with Crippen molar-refractivity contribution < 1.29 is 4.79 Å². The molecule has 0 aliphatic carbocycles. The van der Waals surface area contributed by atoms with Crippen LogP contribution in [0.1, 0.15) is 19.8 Å². The van der Waals surface area contributed by atoms with Crippen LogP contribution in [0.15, 0.2) is 0 Å². The van der Waals surface area contributed by atoms with Gasteiger partial charge in [0.1, 0.15) is 0 Å². The normalized spacial score (nSPS) is 18.8. The van der Waals surface area contributed by atoms with Gasteiger partial charge in [0.2, 0.25) is 5.91 Å². The molecule has 0 aromatic rings. The summed E-state index contributed by atoms with van der Waals surface area (Å²) in [7, 11) is 0. The quantitative estimate of drug-likeness (QED) is 0.733. The summed E-state index contributed by atoms with van der Waals surface area (Å²) < 4.78 is 0. The van der Waals surface area contributed by atoms with Crippen molar-refractivity contribution in [3.05, 3.63) is 0 Å². The van der Waals surface area contributed by atoms with E-state index >= 15 is 0 Å². The summed E-state index contributed by atoms with van der Waals surface area (Å²) in [5.41, 5.74) is 5.46. The van der Waals surface area contributed by atoms with Crippen LogP contribution in [0.5, 0.6) is 0 Å². The minimum atomic E-state index is 0.0330. The van der Waals surface area contributed by atoms with Crippen LogP contribution < -0.4 is 5.73 Å². The maximum Gasteiger partial charge on any atom is 0.225 e. The first-order valence-corrected chi connectivity index (χ1v) is 6.27. The third-order valence-electron chi connectivity index (χ3n) is 3.25. The zero-order valence-electron chi connectivity index (χ0n) is 10.6. The second-order valence-corrected chi connectivity index (χ2v) is 4.55. The molecule has 1 amide bonds. The number of carbonyl (C=O) groups excluding carboxylic acids is 1. The molecular weight excluding hydrogens is 216 g/mol.